The molecule has 2 aromatic heterocycles. The van der Waals surface area contributed by atoms with Gasteiger partial charge in [-0.15, -0.1) is 11.6 Å². The summed E-state index contributed by atoms with van der Waals surface area (Å²) in [6.45, 7) is 0.206. The maximum absolute atomic E-state index is 12.4. The normalized spacial score (nSPS) is 11.6. The van der Waals surface area contributed by atoms with Crippen molar-refractivity contribution < 1.29 is 13.2 Å². The lowest BCUT2D eigenvalue weighted by atomic mass is 10.2. The highest BCUT2D eigenvalue weighted by Crippen LogP contribution is 2.19. The summed E-state index contributed by atoms with van der Waals surface area (Å²) >= 11 is 5.54. The van der Waals surface area contributed by atoms with Crippen LogP contribution in [-0.4, -0.2) is 46.7 Å². The monoisotopic (exact) mass is 426 g/mol. The number of aromatic nitrogens is 4. The van der Waals surface area contributed by atoms with Crippen molar-refractivity contribution in [3.8, 4) is 5.75 Å². The molecular weight excluding hydrogens is 408 g/mol. The summed E-state index contributed by atoms with van der Waals surface area (Å²) in [6.07, 6.45) is 0.279. The van der Waals surface area contributed by atoms with E-state index in [-0.39, 0.29) is 47.5 Å². The molecule has 0 radical (unpaired) electrons. The molecule has 0 aliphatic rings. The molecule has 3 rings (SSSR count). The molecule has 0 saturated carbocycles. The Hall–Kier alpha value is -2.79. The third-order valence-corrected chi connectivity index (χ3v) is 5.53. The Kier molecular flexibility index (Phi) is 5.75. The lowest BCUT2D eigenvalue weighted by Gasteiger charge is -2.08. The van der Waals surface area contributed by atoms with Crippen LogP contribution in [0.5, 0.6) is 5.75 Å². The number of nitrogens with two attached hydrogens (primary N) is 1. The second-order valence-electron chi connectivity index (χ2n) is 5.96. The van der Waals surface area contributed by atoms with E-state index < -0.39 is 15.7 Å². The minimum Gasteiger partial charge on any atom is -0.497 e. The summed E-state index contributed by atoms with van der Waals surface area (Å²) in [6, 6.07) is 7.17. The molecular formula is C16H19ClN6O4S. The fraction of sp³-hybridized carbons (Fsp3) is 0.312. The Morgan fingerprint density at radius 3 is 2.64 bits per heavy atom. The van der Waals surface area contributed by atoms with Crippen molar-refractivity contribution in [2.75, 3.05) is 29.2 Å². The molecule has 10 nitrogen and oxygen atoms in total. The van der Waals surface area contributed by atoms with Crippen LogP contribution in [0.25, 0.3) is 11.2 Å². The molecule has 1 aromatic carbocycles. The van der Waals surface area contributed by atoms with E-state index in [4.69, 9.17) is 22.1 Å². The van der Waals surface area contributed by atoms with E-state index in [9.17, 15) is 13.2 Å². The Bertz CT molecular complexity index is 1140. The Balaban J connectivity index is 1.98. The van der Waals surface area contributed by atoms with Crippen LogP contribution in [0.1, 0.15) is 12.0 Å². The summed E-state index contributed by atoms with van der Waals surface area (Å²) in [5.41, 5.74) is 6.71. The van der Waals surface area contributed by atoms with Crippen molar-refractivity contribution in [2.45, 2.75) is 13.0 Å². The van der Waals surface area contributed by atoms with Crippen molar-refractivity contribution in [1.29, 1.82) is 0 Å². The van der Waals surface area contributed by atoms with Gasteiger partial charge < -0.3 is 15.5 Å². The summed E-state index contributed by atoms with van der Waals surface area (Å²) in [5, 5.41) is 0. The van der Waals surface area contributed by atoms with Crippen LogP contribution >= 0.6 is 11.6 Å². The fourth-order valence-corrected chi connectivity index (χ4v) is 3.88. The van der Waals surface area contributed by atoms with E-state index in [1.807, 2.05) is 12.1 Å². The first-order valence-corrected chi connectivity index (χ1v) is 10.5. The predicted octanol–water partition coefficient (Wildman–Crippen LogP) is 1.13. The van der Waals surface area contributed by atoms with E-state index >= 15 is 0 Å². The van der Waals surface area contributed by atoms with Crippen molar-refractivity contribution >= 4 is 44.6 Å². The van der Waals surface area contributed by atoms with Gasteiger partial charge in [-0.2, -0.15) is 9.97 Å². The van der Waals surface area contributed by atoms with Gasteiger partial charge in [0.2, 0.25) is 16.0 Å². The van der Waals surface area contributed by atoms with Crippen LogP contribution in [0, 0.1) is 0 Å². The number of anilines is 2. The SMILES string of the molecule is COc1ccc(Cn2c(=O)[nH]c3c(N)nc(NS(=O)(=O)CCCCl)nc32)cc1. The number of hydrogen-bond acceptors (Lipinski definition) is 7. The van der Waals surface area contributed by atoms with Gasteiger partial charge in [0.05, 0.1) is 19.4 Å². The molecule has 0 aliphatic carbocycles. The quantitative estimate of drug-likeness (QED) is 0.457. The highest BCUT2D eigenvalue weighted by Gasteiger charge is 2.17. The second kappa shape index (κ2) is 8.07. The van der Waals surface area contributed by atoms with Gasteiger partial charge in [-0.05, 0) is 24.1 Å². The number of sulfonamides is 1. The first-order valence-electron chi connectivity index (χ1n) is 8.28. The van der Waals surface area contributed by atoms with Gasteiger partial charge in [0.15, 0.2) is 11.5 Å². The number of fused-ring (bicyclic) bond motifs is 1. The van der Waals surface area contributed by atoms with Crippen molar-refractivity contribution in [2.24, 2.45) is 0 Å². The minimum absolute atomic E-state index is 0.0365. The topological polar surface area (TPSA) is 145 Å². The number of hydrogen-bond donors (Lipinski definition) is 3. The molecule has 0 bridgehead atoms. The minimum atomic E-state index is -3.68. The zero-order valence-corrected chi connectivity index (χ0v) is 16.5. The predicted molar refractivity (Wildman–Crippen MR) is 107 cm³/mol. The van der Waals surface area contributed by atoms with E-state index in [0.29, 0.717) is 5.75 Å². The van der Waals surface area contributed by atoms with Crippen LogP contribution in [0.3, 0.4) is 0 Å². The van der Waals surface area contributed by atoms with Gasteiger partial charge in [0, 0.05) is 5.88 Å². The zero-order chi connectivity index (χ0) is 20.3. The molecule has 150 valence electrons. The number of aromatic amines is 1. The number of nitrogens with zero attached hydrogens (tertiary/aromatic N) is 3. The molecule has 0 aliphatic heterocycles. The summed E-state index contributed by atoms with van der Waals surface area (Å²) < 4.78 is 32.9. The van der Waals surface area contributed by atoms with Gasteiger partial charge in [0.25, 0.3) is 0 Å². The molecule has 0 saturated heterocycles. The van der Waals surface area contributed by atoms with E-state index in [0.717, 1.165) is 5.56 Å². The molecule has 4 N–H and O–H groups in total. The van der Waals surface area contributed by atoms with E-state index in [1.165, 1.54) is 4.57 Å². The summed E-state index contributed by atoms with van der Waals surface area (Å²) in [7, 11) is -2.12. The number of nitrogen functional groups attached to an aromatic ring is 1. The van der Waals surface area contributed by atoms with Gasteiger partial charge in [-0.25, -0.2) is 13.2 Å². The van der Waals surface area contributed by atoms with Gasteiger partial charge in [-0.3, -0.25) is 9.29 Å². The lowest BCUT2D eigenvalue weighted by Crippen LogP contribution is -2.20. The van der Waals surface area contributed by atoms with E-state index in [2.05, 4.69) is 19.7 Å². The molecule has 2 heterocycles. The molecule has 0 spiro atoms. The molecule has 0 fully saturated rings. The standard InChI is InChI=1S/C16H19ClN6O4S/c1-27-11-5-3-10(4-6-11)9-23-14-12(19-16(23)24)13(18)20-15(21-14)22-28(25,26)8-2-7-17/h3-6H,2,7-9H2,1H3,(H,19,24)(H3,18,20,21,22). The smallest absolute Gasteiger partial charge is 0.328 e. The Morgan fingerprint density at radius 1 is 1.29 bits per heavy atom. The average molecular weight is 427 g/mol. The zero-order valence-electron chi connectivity index (χ0n) is 15.0. The number of nitrogens with one attached hydrogen (secondary N) is 2. The van der Waals surface area contributed by atoms with Crippen molar-refractivity contribution in [1.82, 2.24) is 19.5 Å². The van der Waals surface area contributed by atoms with E-state index in [1.54, 1.807) is 19.2 Å². The van der Waals surface area contributed by atoms with Crippen LogP contribution in [-0.2, 0) is 16.6 Å². The fourth-order valence-electron chi connectivity index (χ4n) is 2.59. The van der Waals surface area contributed by atoms with Crippen LogP contribution in [0.4, 0.5) is 11.8 Å². The highest BCUT2D eigenvalue weighted by molar-refractivity contribution is 7.92. The number of alkyl halides is 1. The van der Waals surface area contributed by atoms with Crippen molar-refractivity contribution in [3.05, 3.63) is 40.3 Å². The number of rotatable bonds is 8. The summed E-state index contributed by atoms with van der Waals surface area (Å²) in [5.74, 6) is 0.481. The van der Waals surface area contributed by atoms with Gasteiger partial charge in [0.1, 0.15) is 11.3 Å². The first-order chi connectivity index (χ1) is 13.3. The number of ether oxygens (including phenoxy) is 1. The molecule has 3 aromatic rings. The number of methoxy groups -OCH3 is 1. The second-order valence-corrected chi connectivity index (χ2v) is 8.18. The number of benzene rings is 1. The number of halogens is 1. The third-order valence-electron chi connectivity index (χ3n) is 3.94. The number of H-pyrrole nitrogens is 1. The van der Waals surface area contributed by atoms with Crippen molar-refractivity contribution in [3.63, 3.8) is 0 Å². The largest absolute Gasteiger partial charge is 0.497 e. The molecule has 0 atom stereocenters. The Labute approximate surface area is 165 Å². The maximum atomic E-state index is 12.4. The third kappa shape index (κ3) is 4.37. The van der Waals surface area contributed by atoms with Gasteiger partial charge in [-0.1, -0.05) is 12.1 Å². The summed E-state index contributed by atoms with van der Waals surface area (Å²) in [4.78, 5) is 23.1. The Morgan fingerprint density at radius 2 is 2.00 bits per heavy atom. The van der Waals surface area contributed by atoms with Crippen LogP contribution in [0.2, 0.25) is 0 Å². The van der Waals surface area contributed by atoms with Crippen LogP contribution in [0.15, 0.2) is 29.1 Å². The average Bonchev–Trinajstić information content (AvgIpc) is 2.97. The molecule has 28 heavy (non-hydrogen) atoms. The molecule has 12 heteroatoms. The highest BCUT2D eigenvalue weighted by atomic mass is 35.5. The maximum Gasteiger partial charge on any atom is 0.328 e. The van der Waals surface area contributed by atoms with Crippen LogP contribution < -0.4 is 20.9 Å². The number of imidazole rings is 1. The lowest BCUT2D eigenvalue weighted by molar-refractivity contribution is 0.414. The van der Waals surface area contributed by atoms with Gasteiger partial charge >= 0.3 is 5.69 Å². The first kappa shape index (κ1) is 20.0. The molecule has 0 unspecified atom stereocenters. The molecule has 0 amide bonds.